The van der Waals surface area contributed by atoms with Crippen LogP contribution in [0.25, 0.3) is 0 Å². The van der Waals surface area contributed by atoms with Crippen LogP contribution >= 0.6 is 0 Å². The maximum atomic E-state index is 8.63. The van der Waals surface area contributed by atoms with Crippen LogP contribution in [0.1, 0.15) is 0 Å². The van der Waals surface area contributed by atoms with Crippen LogP contribution in [-0.4, -0.2) is 38.1 Å². The van der Waals surface area contributed by atoms with Crippen molar-refractivity contribution in [3.05, 3.63) is 30.3 Å². The molecule has 16 heavy (non-hydrogen) atoms. The van der Waals surface area contributed by atoms with Crippen LogP contribution in [0.2, 0.25) is 0 Å². The molecule has 0 saturated carbocycles. The van der Waals surface area contributed by atoms with Crippen LogP contribution < -0.4 is 16.8 Å². The molecule has 5 heteroatoms. The number of carbonyl (C=O) groups is 1. The van der Waals surface area contributed by atoms with Gasteiger partial charge < -0.3 is 26.7 Å². The third-order valence-corrected chi connectivity index (χ3v) is 1.40. The second-order valence-electron chi connectivity index (χ2n) is 2.66. The molecule has 0 unspecified atom stereocenters. The van der Waals surface area contributed by atoms with Crippen LogP contribution in [0.4, 0.5) is 0 Å². The number of phenolic OH excluding ortho intramolecular Hbond substituents is 1. The number of aromatic hydroxyl groups is 1. The molecule has 0 radical (unpaired) electrons. The van der Waals surface area contributed by atoms with Crippen LogP contribution in [0.3, 0.4) is 0 Å². The number of nitrogens with one attached hydrogen (secondary N) is 1. The van der Waals surface area contributed by atoms with Crippen LogP contribution in [0, 0.1) is 0 Å². The van der Waals surface area contributed by atoms with Gasteiger partial charge >= 0.3 is 0 Å². The Morgan fingerprint density at radius 1 is 1.06 bits per heavy atom. The SMILES string of the molecule is C=O.NCCNCCN.Oc1ccccc1. The lowest BCUT2D eigenvalue weighted by Gasteiger charge is -1.95. The predicted molar refractivity (Wildman–Crippen MR) is 66.2 cm³/mol. The molecule has 0 atom stereocenters. The molecule has 1 aromatic carbocycles. The van der Waals surface area contributed by atoms with Crippen molar-refractivity contribution in [2.24, 2.45) is 11.5 Å². The van der Waals surface area contributed by atoms with E-state index in [1.165, 1.54) is 0 Å². The smallest absolute Gasteiger partial charge is 0.115 e. The van der Waals surface area contributed by atoms with E-state index < -0.39 is 0 Å². The molecule has 0 aromatic heterocycles. The Hall–Kier alpha value is -1.43. The van der Waals surface area contributed by atoms with E-state index in [2.05, 4.69) is 5.32 Å². The van der Waals surface area contributed by atoms with Gasteiger partial charge in [-0.1, -0.05) is 18.2 Å². The van der Waals surface area contributed by atoms with E-state index in [1.807, 2.05) is 12.9 Å². The molecule has 0 fully saturated rings. The molecule has 5 nitrogen and oxygen atoms in total. The van der Waals surface area contributed by atoms with E-state index >= 15 is 0 Å². The van der Waals surface area contributed by atoms with Gasteiger partial charge in [0.25, 0.3) is 0 Å². The molecule has 0 aliphatic heterocycles. The van der Waals surface area contributed by atoms with E-state index in [0.717, 1.165) is 13.1 Å². The Labute approximate surface area is 96.5 Å². The fourth-order valence-corrected chi connectivity index (χ4v) is 0.757. The summed E-state index contributed by atoms with van der Waals surface area (Å²) in [4.78, 5) is 8.00. The topological polar surface area (TPSA) is 101 Å². The Balaban J connectivity index is 0. The number of hydrogen-bond donors (Lipinski definition) is 4. The molecular weight excluding hydrogens is 206 g/mol. The number of rotatable bonds is 4. The Morgan fingerprint density at radius 2 is 1.50 bits per heavy atom. The van der Waals surface area contributed by atoms with Crippen molar-refractivity contribution in [3.63, 3.8) is 0 Å². The molecule has 0 bridgehead atoms. The predicted octanol–water partition coefficient (Wildman–Crippen LogP) is -0.299. The maximum Gasteiger partial charge on any atom is 0.115 e. The largest absolute Gasteiger partial charge is 0.508 e. The third-order valence-electron chi connectivity index (χ3n) is 1.40. The van der Waals surface area contributed by atoms with E-state index in [9.17, 15) is 0 Å². The monoisotopic (exact) mass is 227 g/mol. The van der Waals surface area contributed by atoms with Crippen molar-refractivity contribution >= 4 is 6.79 Å². The molecule has 0 spiro atoms. The van der Waals surface area contributed by atoms with E-state index in [1.54, 1.807) is 24.3 Å². The molecule has 0 amide bonds. The minimum absolute atomic E-state index is 0.322. The fraction of sp³-hybridized carbons (Fsp3) is 0.364. The molecular formula is C11H21N3O2. The zero-order valence-electron chi connectivity index (χ0n) is 9.43. The fourth-order valence-electron chi connectivity index (χ4n) is 0.757. The van der Waals surface area contributed by atoms with Crippen molar-refractivity contribution in [1.29, 1.82) is 0 Å². The van der Waals surface area contributed by atoms with Crippen LogP contribution in [0.15, 0.2) is 30.3 Å². The first-order valence-electron chi connectivity index (χ1n) is 4.95. The van der Waals surface area contributed by atoms with Crippen molar-refractivity contribution in [3.8, 4) is 5.75 Å². The number of carbonyl (C=O) groups excluding carboxylic acids is 1. The van der Waals surface area contributed by atoms with Gasteiger partial charge in [0.2, 0.25) is 0 Å². The number of nitrogens with two attached hydrogens (primary N) is 2. The summed E-state index contributed by atoms with van der Waals surface area (Å²) in [6.07, 6.45) is 0. The Kier molecular flexibility index (Phi) is 17.0. The quantitative estimate of drug-likeness (QED) is 0.529. The molecule has 0 heterocycles. The maximum absolute atomic E-state index is 8.63. The number of para-hydroxylation sites is 1. The molecule has 1 aromatic rings. The second-order valence-corrected chi connectivity index (χ2v) is 2.66. The first kappa shape index (κ1) is 17.0. The summed E-state index contributed by atoms with van der Waals surface area (Å²) in [5, 5.41) is 11.7. The molecule has 0 aliphatic rings. The third kappa shape index (κ3) is 15.1. The van der Waals surface area contributed by atoms with E-state index in [-0.39, 0.29) is 0 Å². The van der Waals surface area contributed by atoms with Crippen molar-refractivity contribution in [2.45, 2.75) is 0 Å². The first-order chi connectivity index (χ1) is 7.81. The highest BCUT2D eigenvalue weighted by Crippen LogP contribution is 2.02. The Morgan fingerprint density at radius 3 is 1.75 bits per heavy atom. The molecule has 92 valence electrons. The van der Waals surface area contributed by atoms with Gasteiger partial charge in [0.05, 0.1) is 0 Å². The lowest BCUT2D eigenvalue weighted by atomic mass is 10.3. The van der Waals surface area contributed by atoms with Gasteiger partial charge in [-0.05, 0) is 12.1 Å². The first-order valence-corrected chi connectivity index (χ1v) is 4.95. The average molecular weight is 227 g/mol. The van der Waals surface area contributed by atoms with Gasteiger partial charge in [0, 0.05) is 26.2 Å². The summed E-state index contributed by atoms with van der Waals surface area (Å²) >= 11 is 0. The summed E-state index contributed by atoms with van der Waals surface area (Å²) in [7, 11) is 0. The standard InChI is InChI=1S/C6H6O.C4H13N3.CH2O/c7-6-4-2-1-3-5-6;5-1-3-7-4-2-6;1-2/h1-5,7H;7H,1-6H2;1H2. The molecule has 0 saturated heterocycles. The van der Waals surface area contributed by atoms with Crippen molar-refractivity contribution in [2.75, 3.05) is 26.2 Å². The summed E-state index contributed by atoms with van der Waals surface area (Å²) in [6.45, 7) is 5.13. The molecule has 6 N–H and O–H groups in total. The van der Waals surface area contributed by atoms with Gasteiger partial charge in [-0.3, -0.25) is 0 Å². The zero-order valence-corrected chi connectivity index (χ0v) is 9.43. The normalized spacial score (nSPS) is 8.12. The van der Waals surface area contributed by atoms with E-state index in [0.29, 0.717) is 18.8 Å². The highest BCUT2D eigenvalue weighted by molar-refractivity contribution is 5.18. The second kappa shape index (κ2) is 16.0. The lowest BCUT2D eigenvalue weighted by Crippen LogP contribution is -2.27. The number of benzene rings is 1. The summed E-state index contributed by atoms with van der Waals surface area (Å²) in [5.41, 5.74) is 10.3. The minimum Gasteiger partial charge on any atom is -0.508 e. The van der Waals surface area contributed by atoms with Crippen molar-refractivity contribution in [1.82, 2.24) is 5.32 Å². The van der Waals surface area contributed by atoms with Gasteiger partial charge in [-0.2, -0.15) is 0 Å². The average Bonchev–Trinajstić information content (AvgIpc) is 2.34. The molecule has 1 rings (SSSR count). The number of hydrogen-bond acceptors (Lipinski definition) is 5. The summed E-state index contributed by atoms with van der Waals surface area (Å²) in [5.74, 6) is 0.322. The Bertz CT molecular complexity index is 216. The van der Waals surface area contributed by atoms with Crippen molar-refractivity contribution < 1.29 is 9.90 Å². The van der Waals surface area contributed by atoms with Gasteiger partial charge in [-0.25, -0.2) is 0 Å². The minimum atomic E-state index is 0.322. The summed E-state index contributed by atoms with van der Waals surface area (Å²) < 4.78 is 0. The van der Waals surface area contributed by atoms with Crippen LogP contribution in [0.5, 0.6) is 5.75 Å². The number of phenols is 1. The van der Waals surface area contributed by atoms with Gasteiger partial charge in [-0.15, -0.1) is 0 Å². The highest BCUT2D eigenvalue weighted by atomic mass is 16.3. The highest BCUT2D eigenvalue weighted by Gasteiger charge is 1.76. The van der Waals surface area contributed by atoms with Gasteiger partial charge in [0.15, 0.2) is 0 Å². The lowest BCUT2D eigenvalue weighted by molar-refractivity contribution is -0.0979. The van der Waals surface area contributed by atoms with Crippen LogP contribution in [-0.2, 0) is 4.79 Å². The molecule has 0 aliphatic carbocycles. The zero-order chi connectivity index (χ0) is 12.6. The summed E-state index contributed by atoms with van der Waals surface area (Å²) in [6, 6.07) is 8.71. The van der Waals surface area contributed by atoms with Gasteiger partial charge in [0.1, 0.15) is 12.5 Å². The van der Waals surface area contributed by atoms with E-state index in [4.69, 9.17) is 21.4 Å².